The van der Waals surface area contributed by atoms with E-state index < -0.39 is 5.97 Å². The summed E-state index contributed by atoms with van der Waals surface area (Å²) in [6.07, 6.45) is 0. The molecule has 0 aliphatic carbocycles. The van der Waals surface area contributed by atoms with Crippen molar-refractivity contribution in [1.82, 2.24) is 9.78 Å². The zero-order valence-electron chi connectivity index (χ0n) is 11.5. The Morgan fingerprint density at radius 2 is 1.85 bits per heavy atom. The van der Waals surface area contributed by atoms with E-state index in [1.54, 1.807) is 31.2 Å². The maximum Gasteiger partial charge on any atom is 0.346 e. The van der Waals surface area contributed by atoms with Crippen LogP contribution in [0.15, 0.2) is 30.3 Å². The highest BCUT2D eigenvalue weighted by Gasteiger charge is 2.10. The maximum absolute atomic E-state index is 12.0. The molecule has 0 saturated heterocycles. The van der Waals surface area contributed by atoms with Crippen molar-refractivity contribution in [2.24, 2.45) is 0 Å². The van der Waals surface area contributed by atoms with Crippen LogP contribution in [0.25, 0.3) is 0 Å². The van der Waals surface area contributed by atoms with Gasteiger partial charge in [-0.3, -0.25) is 0 Å². The van der Waals surface area contributed by atoms with Crippen LogP contribution in [0.2, 0.25) is 0 Å². The molecule has 0 aliphatic heterocycles. The summed E-state index contributed by atoms with van der Waals surface area (Å²) in [5.74, 6) is -0.415. The Kier molecular flexibility index (Phi) is 3.84. The Hall–Kier alpha value is -2.63. The third-order valence-electron chi connectivity index (χ3n) is 2.76. The second-order valence-electron chi connectivity index (χ2n) is 4.34. The fraction of sp³-hybridized carbons (Fsp3) is 0.214. The van der Waals surface area contributed by atoms with Gasteiger partial charge in [0.2, 0.25) is 0 Å². The fourth-order valence-corrected chi connectivity index (χ4v) is 1.82. The largest absolute Gasteiger partial charge is 0.465 e. The fourth-order valence-electron chi connectivity index (χ4n) is 1.82. The van der Waals surface area contributed by atoms with E-state index in [0.717, 1.165) is 11.4 Å². The first-order chi connectivity index (χ1) is 9.51. The Bertz CT molecular complexity index is 644. The number of hydrogen-bond acceptors (Lipinski definition) is 4. The molecule has 1 N–H and O–H groups in total. The molecule has 0 unspecified atom stereocenters. The predicted octanol–water partition coefficient (Wildman–Crippen LogP) is 2.37. The smallest absolute Gasteiger partial charge is 0.346 e. The average Bonchev–Trinajstić information content (AvgIpc) is 2.78. The van der Waals surface area contributed by atoms with Crippen LogP contribution in [0.4, 0.5) is 10.5 Å². The number of anilines is 1. The van der Waals surface area contributed by atoms with Crippen molar-refractivity contribution < 1.29 is 14.3 Å². The van der Waals surface area contributed by atoms with Crippen LogP contribution in [-0.4, -0.2) is 28.9 Å². The lowest BCUT2D eigenvalue weighted by Crippen LogP contribution is -2.21. The van der Waals surface area contributed by atoms with Crippen molar-refractivity contribution in [2.75, 3.05) is 12.4 Å². The molecule has 1 heterocycles. The summed E-state index contributed by atoms with van der Waals surface area (Å²) in [6, 6.07) is 7.91. The van der Waals surface area contributed by atoms with Crippen LogP contribution in [0.3, 0.4) is 0 Å². The van der Waals surface area contributed by atoms with Gasteiger partial charge in [-0.2, -0.15) is 9.78 Å². The first kappa shape index (κ1) is 13.8. The number of hydrogen-bond donors (Lipinski definition) is 1. The molecule has 20 heavy (non-hydrogen) atoms. The van der Waals surface area contributed by atoms with E-state index in [0.29, 0.717) is 11.3 Å². The normalized spacial score (nSPS) is 10.2. The number of methoxy groups -OCH3 is 1. The Morgan fingerprint density at radius 1 is 1.20 bits per heavy atom. The first-order valence-corrected chi connectivity index (χ1v) is 6.04. The number of carbonyl (C=O) groups is 2. The third kappa shape index (κ3) is 2.85. The number of ether oxygens (including phenoxy) is 1. The summed E-state index contributed by atoms with van der Waals surface area (Å²) in [5, 5.41) is 6.80. The summed E-state index contributed by atoms with van der Waals surface area (Å²) >= 11 is 0. The zero-order chi connectivity index (χ0) is 14.7. The van der Waals surface area contributed by atoms with Gasteiger partial charge >= 0.3 is 12.0 Å². The standard InChI is InChI=1S/C14H15N3O3/c1-9-8-10(2)17(16-9)14(19)15-12-6-4-11(5-7-12)13(18)20-3/h4-8H,1-3H3,(H,15,19). The number of carbonyl (C=O) groups excluding carboxylic acids is 2. The summed E-state index contributed by atoms with van der Waals surface area (Å²) in [6.45, 7) is 3.63. The lowest BCUT2D eigenvalue weighted by molar-refractivity contribution is 0.0601. The van der Waals surface area contributed by atoms with Crippen LogP contribution in [0.1, 0.15) is 21.7 Å². The van der Waals surface area contributed by atoms with Crippen molar-refractivity contribution in [3.05, 3.63) is 47.3 Å². The quantitative estimate of drug-likeness (QED) is 0.852. The number of esters is 1. The van der Waals surface area contributed by atoms with Gasteiger partial charge in [0.25, 0.3) is 0 Å². The molecular weight excluding hydrogens is 258 g/mol. The highest BCUT2D eigenvalue weighted by molar-refractivity contribution is 5.93. The third-order valence-corrected chi connectivity index (χ3v) is 2.76. The molecule has 0 saturated carbocycles. The first-order valence-electron chi connectivity index (χ1n) is 6.04. The summed E-state index contributed by atoms with van der Waals surface area (Å²) in [7, 11) is 1.32. The minimum absolute atomic E-state index is 0.346. The van der Waals surface area contributed by atoms with Gasteiger partial charge in [0.05, 0.1) is 18.4 Å². The number of aromatic nitrogens is 2. The summed E-state index contributed by atoms with van der Waals surface area (Å²) in [5.41, 5.74) is 2.54. The highest BCUT2D eigenvalue weighted by Crippen LogP contribution is 2.11. The molecule has 0 atom stereocenters. The molecule has 0 spiro atoms. The molecule has 2 aromatic rings. The van der Waals surface area contributed by atoms with Crippen LogP contribution >= 0.6 is 0 Å². The van der Waals surface area contributed by atoms with Crippen molar-refractivity contribution >= 4 is 17.7 Å². The second kappa shape index (κ2) is 5.56. The van der Waals surface area contributed by atoms with Gasteiger partial charge in [0, 0.05) is 11.4 Å². The SMILES string of the molecule is COC(=O)c1ccc(NC(=O)n2nc(C)cc2C)cc1. The number of nitrogens with zero attached hydrogens (tertiary/aromatic N) is 2. The number of aryl methyl sites for hydroxylation is 2. The Labute approximate surface area is 116 Å². The van der Waals surface area contributed by atoms with Crippen LogP contribution in [0.5, 0.6) is 0 Å². The van der Waals surface area contributed by atoms with E-state index in [-0.39, 0.29) is 6.03 Å². The van der Waals surface area contributed by atoms with Crippen molar-refractivity contribution in [3.63, 3.8) is 0 Å². The van der Waals surface area contributed by atoms with E-state index in [2.05, 4.69) is 15.2 Å². The van der Waals surface area contributed by atoms with E-state index >= 15 is 0 Å². The molecule has 1 aromatic carbocycles. The van der Waals surface area contributed by atoms with E-state index in [4.69, 9.17) is 0 Å². The van der Waals surface area contributed by atoms with Crippen LogP contribution in [-0.2, 0) is 4.74 Å². The Balaban J connectivity index is 2.12. The number of nitrogens with one attached hydrogen (secondary N) is 1. The molecule has 1 amide bonds. The van der Waals surface area contributed by atoms with Gasteiger partial charge in [-0.1, -0.05) is 0 Å². The van der Waals surface area contributed by atoms with Gasteiger partial charge in [0.15, 0.2) is 0 Å². The molecular formula is C14H15N3O3. The van der Waals surface area contributed by atoms with Gasteiger partial charge < -0.3 is 10.1 Å². The molecule has 6 nitrogen and oxygen atoms in total. The molecule has 104 valence electrons. The average molecular weight is 273 g/mol. The summed E-state index contributed by atoms with van der Waals surface area (Å²) < 4.78 is 5.90. The van der Waals surface area contributed by atoms with Crippen molar-refractivity contribution in [2.45, 2.75) is 13.8 Å². The van der Waals surface area contributed by atoms with Gasteiger partial charge in [0.1, 0.15) is 0 Å². The number of benzene rings is 1. The molecule has 6 heteroatoms. The number of amides is 1. The van der Waals surface area contributed by atoms with E-state index in [1.165, 1.54) is 11.8 Å². The molecule has 0 bridgehead atoms. The van der Waals surface area contributed by atoms with Crippen LogP contribution in [0, 0.1) is 13.8 Å². The minimum atomic E-state index is -0.415. The van der Waals surface area contributed by atoms with Crippen molar-refractivity contribution in [3.8, 4) is 0 Å². The van der Waals surface area contributed by atoms with E-state index in [1.807, 2.05) is 13.0 Å². The maximum atomic E-state index is 12.0. The van der Waals surface area contributed by atoms with E-state index in [9.17, 15) is 9.59 Å². The molecule has 0 radical (unpaired) electrons. The van der Waals surface area contributed by atoms with Gasteiger partial charge in [-0.25, -0.2) is 9.59 Å². The second-order valence-corrected chi connectivity index (χ2v) is 4.34. The predicted molar refractivity (Wildman–Crippen MR) is 73.9 cm³/mol. The molecule has 0 fully saturated rings. The lowest BCUT2D eigenvalue weighted by atomic mass is 10.2. The Morgan fingerprint density at radius 3 is 2.35 bits per heavy atom. The topological polar surface area (TPSA) is 73.2 Å². The number of rotatable bonds is 2. The monoisotopic (exact) mass is 273 g/mol. The van der Waals surface area contributed by atoms with Gasteiger partial charge in [-0.15, -0.1) is 0 Å². The van der Waals surface area contributed by atoms with Gasteiger partial charge in [-0.05, 0) is 44.2 Å². The molecule has 0 aliphatic rings. The minimum Gasteiger partial charge on any atom is -0.465 e. The molecule has 1 aromatic heterocycles. The highest BCUT2D eigenvalue weighted by atomic mass is 16.5. The lowest BCUT2D eigenvalue weighted by Gasteiger charge is -2.07. The van der Waals surface area contributed by atoms with Crippen LogP contribution < -0.4 is 5.32 Å². The summed E-state index contributed by atoms with van der Waals surface area (Å²) in [4.78, 5) is 23.3. The zero-order valence-corrected chi connectivity index (χ0v) is 11.5. The van der Waals surface area contributed by atoms with Crippen molar-refractivity contribution in [1.29, 1.82) is 0 Å². The molecule has 2 rings (SSSR count).